The third-order valence-electron chi connectivity index (χ3n) is 6.28. The molecule has 5 heterocycles. The number of nitrogens with zero attached hydrogens (tertiary/aromatic N) is 5. The third-order valence-corrected chi connectivity index (χ3v) is 6.28. The molecule has 3 aliphatic heterocycles. The second-order valence-corrected chi connectivity index (χ2v) is 8.20. The summed E-state index contributed by atoms with van der Waals surface area (Å²) in [5.41, 5.74) is 5.19. The van der Waals surface area contributed by atoms with Crippen LogP contribution in [0.1, 0.15) is 17.2 Å². The van der Waals surface area contributed by atoms with Crippen LogP contribution in [0.25, 0.3) is 11.1 Å². The van der Waals surface area contributed by atoms with Gasteiger partial charge in [0.05, 0.1) is 42.3 Å². The predicted octanol–water partition coefficient (Wildman–Crippen LogP) is 2.43. The normalized spacial score (nSPS) is 17.8. The first-order chi connectivity index (χ1) is 15.8. The van der Waals surface area contributed by atoms with Gasteiger partial charge in [0.15, 0.2) is 5.75 Å². The summed E-state index contributed by atoms with van der Waals surface area (Å²) in [5.74, 6) is 1.31. The minimum atomic E-state index is 0.344. The fourth-order valence-corrected chi connectivity index (χ4v) is 4.38. The molecule has 162 valence electrons. The van der Waals surface area contributed by atoms with Gasteiger partial charge in [-0.2, -0.15) is 10.4 Å². The van der Waals surface area contributed by atoms with Gasteiger partial charge in [-0.05, 0) is 23.8 Å². The topological polar surface area (TPSA) is 100 Å². The Morgan fingerprint density at radius 2 is 2.03 bits per heavy atom. The molecular formula is C23H23N7O2. The molecule has 2 N–H and O–H groups in total. The van der Waals surface area contributed by atoms with Crippen LogP contribution in [-0.2, 0) is 11.3 Å². The van der Waals surface area contributed by atoms with Gasteiger partial charge in [-0.1, -0.05) is 0 Å². The van der Waals surface area contributed by atoms with Gasteiger partial charge in [-0.15, -0.1) is 0 Å². The first-order valence-electron chi connectivity index (χ1n) is 10.8. The first kappa shape index (κ1) is 19.1. The number of hydrogen-bond acceptors (Lipinski definition) is 8. The number of hydrogen-bond donors (Lipinski definition) is 2. The lowest BCUT2D eigenvalue weighted by Gasteiger charge is -2.30. The highest BCUT2D eigenvalue weighted by molar-refractivity contribution is 5.80. The number of nitriles is 1. The number of anilines is 3. The quantitative estimate of drug-likeness (QED) is 0.655. The molecule has 0 spiro atoms. The Kier molecular flexibility index (Phi) is 4.67. The third kappa shape index (κ3) is 3.25. The summed E-state index contributed by atoms with van der Waals surface area (Å²) in [6.45, 7) is 5.28. The van der Waals surface area contributed by atoms with E-state index in [9.17, 15) is 5.26 Å². The molecule has 0 bridgehead atoms. The minimum Gasteiger partial charge on any atom is -0.485 e. The van der Waals surface area contributed by atoms with Gasteiger partial charge >= 0.3 is 0 Å². The zero-order valence-corrected chi connectivity index (χ0v) is 17.5. The lowest BCUT2D eigenvalue weighted by molar-refractivity contribution is 0.122. The number of pyridine rings is 1. The van der Waals surface area contributed by atoms with E-state index in [4.69, 9.17) is 9.47 Å². The molecule has 0 saturated carbocycles. The average molecular weight is 429 g/mol. The van der Waals surface area contributed by atoms with Crippen molar-refractivity contribution in [3.8, 4) is 22.9 Å². The molecule has 0 radical (unpaired) electrons. The Morgan fingerprint density at radius 1 is 1.16 bits per heavy atom. The Labute approximate surface area is 185 Å². The maximum atomic E-state index is 9.85. The lowest BCUT2D eigenvalue weighted by atomic mass is 10.0. The van der Waals surface area contributed by atoms with Gasteiger partial charge in [0.1, 0.15) is 18.5 Å². The van der Waals surface area contributed by atoms with Crippen molar-refractivity contribution in [2.24, 2.45) is 0 Å². The summed E-state index contributed by atoms with van der Waals surface area (Å²) in [4.78, 5) is 6.88. The fourth-order valence-electron chi connectivity index (χ4n) is 4.38. The van der Waals surface area contributed by atoms with E-state index in [0.717, 1.165) is 60.1 Å². The molecule has 32 heavy (non-hydrogen) atoms. The fraction of sp³-hybridized carbons (Fsp3) is 0.348. The number of benzene rings is 1. The van der Waals surface area contributed by atoms with Crippen LogP contribution in [0.5, 0.6) is 5.75 Å². The molecule has 2 saturated heterocycles. The zero-order chi connectivity index (χ0) is 21.5. The van der Waals surface area contributed by atoms with Gasteiger partial charge in [0.2, 0.25) is 0 Å². The van der Waals surface area contributed by atoms with Crippen molar-refractivity contribution in [3.05, 3.63) is 47.9 Å². The maximum absolute atomic E-state index is 9.85. The molecule has 9 heteroatoms. The molecule has 0 atom stereocenters. The minimum absolute atomic E-state index is 0.344. The van der Waals surface area contributed by atoms with Gasteiger partial charge in [-0.25, -0.2) is 4.98 Å². The van der Waals surface area contributed by atoms with Gasteiger partial charge in [0, 0.05) is 49.8 Å². The SMILES string of the molecule is N#Cc1cc(-c2cnn(C3CNC3)c2)cc2c1OCc1c(N3CCOCC3)ccnc1N2. The van der Waals surface area contributed by atoms with Crippen LogP contribution < -0.4 is 20.3 Å². The number of nitrogens with one attached hydrogen (secondary N) is 2. The molecule has 0 unspecified atom stereocenters. The van der Waals surface area contributed by atoms with Crippen LogP contribution in [0.3, 0.4) is 0 Å². The number of ether oxygens (including phenoxy) is 2. The van der Waals surface area contributed by atoms with E-state index in [1.165, 1.54) is 0 Å². The van der Waals surface area contributed by atoms with Crippen LogP contribution >= 0.6 is 0 Å². The van der Waals surface area contributed by atoms with E-state index in [0.29, 0.717) is 37.2 Å². The lowest BCUT2D eigenvalue weighted by Crippen LogP contribution is -2.43. The van der Waals surface area contributed by atoms with Crippen molar-refractivity contribution in [3.63, 3.8) is 0 Å². The number of rotatable bonds is 3. The van der Waals surface area contributed by atoms with Crippen LogP contribution in [0, 0.1) is 11.3 Å². The summed E-state index contributed by atoms with van der Waals surface area (Å²) < 4.78 is 13.7. The molecular weight excluding hydrogens is 406 g/mol. The van der Waals surface area contributed by atoms with Crippen LogP contribution in [0.4, 0.5) is 17.2 Å². The maximum Gasteiger partial charge on any atom is 0.161 e. The molecule has 3 aliphatic rings. The monoisotopic (exact) mass is 429 g/mol. The summed E-state index contributed by atoms with van der Waals surface area (Å²) in [7, 11) is 0. The molecule has 9 nitrogen and oxygen atoms in total. The van der Waals surface area contributed by atoms with Crippen LogP contribution in [0.2, 0.25) is 0 Å². The highest BCUT2D eigenvalue weighted by atomic mass is 16.5. The molecule has 0 amide bonds. The predicted molar refractivity (Wildman–Crippen MR) is 119 cm³/mol. The van der Waals surface area contributed by atoms with Gasteiger partial charge in [0.25, 0.3) is 0 Å². The van der Waals surface area contributed by atoms with Crippen LogP contribution in [0.15, 0.2) is 36.8 Å². The van der Waals surface area contributed by atoms with Crippen molar-refractivity contribution in [2.45, 2.75) is 12.6 Å². The van der Waals surface area contributed by atoms with Gasteiger partial charge < -0.3 is 25.0 Å². The van der Waals surface area contributed by atoms with Gasteiger partial charge in [-0.3, -0.25) is 4.68 Å². The summed E-state index contributed by atoms with van der Waals surface area (Å²) in [6, 6.07) is 8.58. The van der Waals surface area contributed by atoms with E-state index >= 15 is 0 Å². The van der Waals surface area contributed by atoms with E-state index in [2.05, 4.69) is 31.7 Å². The second kappa shape index (κ2) is 7.82. The Morgan fingerprint density at radius 3 is 2.81 bits per heavy atom. The summed E-state index contributed by atoms with van der Waals surface area (Å²) in [5, 5.41) is 21.1. The highest BCUT2D eigenvalue weighted by Gasteiger charge is 2.25. The van der Waals surface area contributed by atoms with Crippen molar-refractivity contribution >= 4 is 17.2 Å². The Bertz CT molecular complexity index is 1210. The zero-order valence-electron chi connectivity index (χ0n) is 17.5. The number of aromatic nitrogens is 3. The Hall–Kier alpha value is -3.61. The standard InChI is InChI=1S/C23H23N7O2/c24-9-16-7-15(17-10-27-30(13-17)18-11-25-12-18)8-20-22(16)32-14-19-21(1-2-26-23(19)28-20)29-3-5-31-6-4-29/h1-2,7-8,10,13,18,25H,3-6,11-12,14H2,(H,26,28). The van der Waals surface area contributed by atoms with Crippen molar-refractivity contribution in [2.75, 3.05) is 49.6 Å². The van der Waals surface area contributed by atoms with Crippen molar-refractivity contribution < 1.29 is 9.47 Å². The largest absolute Gasteiger partial charge is 0.485 e. The average Bonchev–Trinajstić information content (AvgIpc) is 3.18. The molecule has 2 aromatic heterocycles. The van der Waals surface area contributed by atoms with Crippen molar-refractivity contribution in [1.29, 1.82) is 5.26 Å². The molecule has 1 aromatic carbocycles. The summed E-state index contributed by atoms with van der Waals surface area (Å²) >= 11 is 0. The second-order valence-electron chi connectivity index (χ2n) is 8.20. The molecule has 0 aliphatic carbocycles. The van der Waals surface area contributed by atoms with E-state index in [1.807, 2.05) is 41.5 Å². The van der Waals surface area contributed by atoms with E-state index in [1.54, 1.807) is 0 Å². The molecule has 3 aromatic rings. The smallest absolute Gasteiger partial charge is 0.161 e. The van der Waals surface area contributed by atoms with Crippen LogP contribution in [-0.4, -0.2) is 54.2 Å². The molecule has 6 rings (SSSR count). The summed E-state index contributed by atoms with van der Waals surface area (Å²) in [6.07, 6.45) is 5.70. The highest BCUT2D eigenvalue weighted by Crippen LogP contribution is 2.41. The van der Waals surface area contributed by atoms with Crippen molar-refractivity contribution in [1.82, 2.24) is 20.1 Å². The Balaban J connectivity index is 1.37. The number of fused-ring (bicyclic) bond motifs is 2. The van der Waals surface area contributed by atoms with E-state index in [-0.39, 0.29) is 0 Å². The molecule has 2 fully saturated rings. The first-order valence-corrected chi connectivity index (χ1v) is 10.8. The van der Waals surface area contributed by atoms with E-state index < -0.39 is 0 Å². The number of morpholine rings is 1.